The zero-order chi connectivity index (χ0) is 15.0. The molecule has 0 aliphatic carbocycles. The van der Waals surface area contributed by atoms with Gasteiger partial charge in [-0.2, -0.15) is 0 Å². The summed E-state index contributed by atoms with van der Waals surface area (Å²) in [4.78, 5) is 16.1. The first-order valence-corrected chi connectivity index (χ1v) is 7.24. The van der Waals surface area contributed by atoms with Gasteiger partial charge in [-0.25, -0.2) is 4.21 Å². The number of rotatable bonds is 7. The Morgan fingerprint density at radius 2 is 1.95 bits per heavy atom. The Morgan fingerprint density at radius 1 is 1.30 bits per heavy atom. The van der Waals surface area contributed by atoms with Gasteiger partial charge in [0.25, 0.3) is 0 Å². The SMILES string of the molecule is NC(N)=NCCCC(N)C(=O)NS(=O)c1ccccc1. The molecule has 0 aromatic heterocycles. The minimum atomic E-state index is -1.60. The van der Waals surface area contributed by atoms with E-state index in [1.807, 2.05) is 0 Å². The number of nitrogens with zero attached hydrogens (tertiary/aromatic N) is 1. The molecule has 7 N–H and O–H groups in total. The Balaban J connectivity index is 2.38. The fourth-order valence-corrected chi connectivity index (χ4v) is 2.28. The monoisotopic (exact) mass is 297 g/mol. The average Bonchev–Trinajstić information content (AvgIpc) is 2.44. The predicted molar refractivity (Wildman–Crippen MR) is 78.9 cm³/mol. The first-order chi connectivity index (χ1) is 9.50. The Kier molecular flexibility index (Phi) is 6.68. The molecule has 0 aliphatic rings. The minimum absolute atomic E-state index is 0.00760. The lowest BCUT2D eigenvalue weighted by molar-refractivity contribution is -0.120. The molecule has 1 aromatic carbocycles. The van der Waals surface area contributed by atoms with Crippen molar-refractivity contribution in [1.82, 2.24) is 4.72 Å². The molecule has 1 amide bonds. The first-order valence-electron chi connectivity index (χ1n) is 6.09. The maximum absolute atomic E-state index is 11.8. The van der Waals surface area contributed by atoms with Crippen molar-refractivity contribution in [2.24, 2.45) is 22.2 Å². The molecule has 0 saturated carbocycles. The Labute approximate surface area is 120 Å². The Hall–Kier alpha value is -1.93. The van der Waals surface area contributed by atoms with Crippen LogP contribution >= 0.6 is 0 Å². The van der Waals surface area contributed by atoms with E-state index in [0.717, 1.165) is 0 Å². The maximum atomic E-state index is 11.8. The van der Waals surface area contributed by atoms with E-state index >= 15 is 0 Å². The third-order valence-electron chi connectivity index (χ3n) is 2.45. The summed E-state index contributed by atoms with van der Waals surface area (Å²) >= 11 is 0. The highest BCUT2D eigenvalue weighted by molar-refractivity contribution is 7.83. The van der Waals surface area contributed by atoms with Crippen LogP contribution in [0.1, 0.15) is 12.8 Å². The number of nitrogens with two attached hydrogens (primary N) is 3. The molecule has 110 valence electrons. The molecule has 0 bridgehead atoms. The number of guanidine groups is 1. The van der Waals surface area contributed by atoms with Gasteiger partial charge in [-0.15, -0.1) is 0 Å². The smallest absolute Gasteiger partial charge is 0.248 e. The number of benzene rings is 1. The van der Waals surface area contributed by atoms with Gasteiger partial charge in [0, 0.05) is 6.54 Å². The molecular formula is C12H19N5O2S. The number of amides is 1. The third kappa shape index (κ3) is 5.81. The summed E-state index contributed by atoms with van der Waals surface area (Å²) in [5.74, 6) is -0.454. The molecule has 20 heavy (non-hydrogen) atoms. The number of carbonyl (C=O) groups excluding carboxylic acids is 1. The molecule has 8 heteroatoms. The largest absolute Gasteiger partial charge is 0.370 e. The summed E-state index contributed by atoms with van der Waals surface area (Å²) in [6.45, 7) is 0.408. The van der Waals surface area contributed by atoms with Crippen LogP contribution in [0.3, 0.4) is 0 Å². The molecular weight excluding hydrogens is 278 g/mol. The number of aliphatic imine (C=N–C) groups is 1. The van der Waals surface area contributed by atoms with Gasteiger partial charge < -0.3 is 17.2 Å². The predicted octanol–water partition coefficient (Wildman–Crippen LogP) is -0.794. The van der Waals surface area contributed by atoms with Crippen LogP contribution < -0.4 is 21.9 Å². The van der Waals surface area contributed by atoms with Crippen LogP contribution in [0.4, 0.5) is 0 Å². The molecule has 0 aliphatic heterocycles. The number of hydrogen-bond acceptors (Lipinski definition) is 4. The van der Waals surface area contributed by atoms with Gasteiger partial charge in [-0.3, -0.25) is 14.5 Å². The number of hydrogen-bond donors (Lipinski definition) is 4. The van der Waals surface area contributed by atoms with Crippen LogP contribution in [-0.2, 0) is 15.8 Å². The number of carbonyl (C=O) groups is 1. The Morgan fingerprint density at radius 3 is 2.55 bits per heavy atom. The topological polar surface area (TPSA) is 137 Å². The molecule has 2 unspecified atom stereocenters. The van der Waals surface area contributed by atoms with Crippen molar-refractivity contribution < 1.29 is 9.00 Å². The highest BCUT2D eigenvalue weighted by Gasteiger charge is 2.15. The maximum Gasteiger partial charge on any atom is 0.248 e. The van der Waals surface area contributed by atoms with Gasteiger partial charge in [0.2, 0.25) is 5.91 Å². The van der Waals surface area contributed by atoms with Gasteiger partial charge >= 0.3 is 0 Å². The van der Waals surface area contributed by atoms with Crippen molar-refractivity contribution in [2.45, 2.75) is 23.8 Å². The molecule has 1 aromatic rings. The third-order valence-corrected chi connectivity index (χ3v) is 3.54. The van der Waals surface area contributed by atoms with E-state index < -0.39 is 22.9 Å². The second-order valence-corrected chi connectivity index (χ2v) is 5.32. The van der Waals surface area contributed by atoms with Gasteiger partial charge in [0.15, 0.2) is 16.9 Å². The zero-order valence-corrected chi connectivity index (χ0v) is 11.8. The average molecular weight is 297 g/mol. The van der Waals surface area contributed by atoms with Gasteiger partial charge in [0.05, 0.1) is 10.9 Å². The van der Waals surface area contributed by atoms with E-state index in [2.05, 4.69) is 9.71 Å². The molecule has 0 radical (unpaired) electrons. The van der Waals surface area contributed by atoms with Crippen molar-refractivity contribution in [1.29, 1.82) is 0 Å². The molecule has 1 rings (SSSR count). The molecule has 7 nitrogen and oxygen atoms in total. The van der Waals surface area contributed by atoms with Crippen LogP contribution in [0, 0.1) is 0 Å². The minimum Gasteiger partial charge on any atom is -0.370 e. The van der Waals surface area contributed by atoms with Crippen LogP contribution in [0.5, 0.6) is 0 Å². The first kappa shape index (κ1) is 16.1. The highest BCUT2D eigenvalue weighted by atomic mass is 32.2. The van der Waals surface area contributed by atoms with E-state index in [1.54, 1.807) is 30.3 Å². The fraction of sp³-hybridized carbons (Fsp3) is 0.333. The molecule has 2 atom stereocenters. The second-order valence-electron chi connectivity index (χ2n) is 4.10. The lowest BCUT2D eigenvalue weighted by Gasteiger charge is -2.11. The summed E-state index contributed by atoms with van der Waals surface area (Å²) in [6.07, 6.45) is 0.985. The summed E-state index contributed by atoms with van der Waals surface area (Å²) in [6, 6.07) is 7.89. The summed E-state index contributed by atoms with van der Waals surface area (Å²) in [5.41, 5.74) is 16.1. The van der Waals surface area contributed by atoms with Crippen molar-refractivity contribution in [3.63, 3.8) is 0 Å². The van der Waals surface area contributed by atoms with Crippen molar-refractivity contribution in [3.8, 4) is 0 Å². The fourth-order valence-electron chi connectivity index (χ4n) is 1.42. The summed E-state index contributed by atoms with van der Waals surface area (Å²) < 4.78 is 14.2. The number of nitrogens with one attached hydrogen (secondary N) is 1. The van der Waals surface area contributed by atoms with Crippen LogP contribution in [0.2, 0.25) is 0 Å². The van der Waals surface area contributed by atoms with Gasteiger partial charge in [-0.05, 0) is 25.0 Å². The van der Waals surface area contributed by atoms with E-state index in [0.29, 0.717) is 24.3 Å². The molecule has 0 heterocycles. The van der Waals surface area contributed by atoms with E-state index in [1.165, 1.54) is 0 Å². The van der Waals surface area contributed by atoms with Gasteiger partial charge in [-0.1, -0.05) is 18.2 Å². The lowest BCUT2D eigenvalue weighted by Crippen LogP contribution is -2.41. The van der Waals surface area contributed by atoms with Crippen molar-refractivity contribution in [3.05, 3.63) is 30.3 Å². The lowest BCUT2D eigenvalue weighted by atomic mass is 10.1. The summed E-state index contributed by atoms with van der Waals surface area (Å²) in [5, 5.41) is 0. The zero-order valence-electron chi connectivity index (χ0n) is 11.0. The second kappa shape index (κ2) is 8.28. The summed E-state index contributed by atoms with van der Waals surface area (Å²) in [7, 11) is -1.60. The van der Waals surface area contributed by atoms with Crippen molar-refractivity contribution >= 4 is 22.9 Å². The normalized spacial score (nSPS) is 13.2. The molecule has 0 fully saturated rings. The van der Waals surface area contributed by atoms with Crippen molar-refractivity contribution in [2.75, 3.05) is 6.54 Å². The standard InChI is InChI=1S/C12H19N5O2S/c13-10(7-4-8-16-12(14)15)11(18)17-20(19)9-5-2-1-3-6-9/h1-3,5-6,10H,4,7-8,13H2,(H,17,18)(H4,14,15,16). The van der Waals surface area contributed by atoms with E-state index in [4.69, 9.17) is 17.2 Å². The van der Waals surface area contributed by atoms with E-state index in [-0.39, 0.29) is 5.96 Å². The van der Waals surface area contributed by atoms with Gasteiger partial charge in [0.1, 0.15) is 0 Å². The van der Waals surface area contributed by atoms with Crippen LogP contribution in [-0.4, -0.2) is 28.7 Å². The Bertz CT molecular complexity index is 488. The van der Waals surface area contributed by atoms with E-state index in [9.17, 15) is 9.00 Å². The molecule has 0 saturated heterocycles. The molecule has 0 spiro atoms. The van der Waals surface area contributed by atoms with Crippen LogP contribution in [0.25, 0.3) is 0 Å². The highest BCUT2D eigenvalue weighted by Crippen LogP contribution is 2.03. The van der Waals surface area contributed by atoms with Crippen LogP contribution in [0.15, 0.2) is 40.2 Å². The quantitative estimate of drug-likeness (QED) is 0.297.